The van der Waals surface area contributed by atoms with Crippen molar-refractivity contribution in [2.75, 3.05) is 0 Å². The molecule has 20 heavy (non-hydrogen) atoms. The number of alkyl halides is 1. The number of unbranched alkanes of at least 4 members (excludes halogenated alkanes) is 12. The summed E-state index contributed by atoms with van der Waals surface area (Å²) < 4.78 is 0. The molecule has 0 aromatic heterocycles. The van der Waals surface area contributed by atoms with Gasteiger partial charge in [0.1, 0.15) is 0 Å². The van der Waals surface area contributed by atoms with Crippen molar-refractivity contribution in [3.8, 4) is 0 Å². The molecule has 120 valence electrons. The Morgan fingerprint density at radius 2 is 1.15 bits per heavy atom. The molecule has 0 aliphatic rings. The lowest BCUT2D eigenvalue weighted by molar-refractivity contribution is -0.117. The molecule has 0 aromatic rings. The lowest BCUT2D eigenvalue weighted by atomic mass is 10.0. The maximum atomic E-state index is 10.8. The Hall–Kier alpha value is -0.0500. The van der Waals surface area contributed by atoms with Gasteiger partial charge in [-0.3, -0.25) is 4.79 Å². The number of amides is 1. The van der Waals surface area contributed by atoms with E-state index in [4.69, 9.17) is 5.73 Å². The van der Waals surface area contributed by atoms with Crippen molar-refractivity contribution in [3.05, 3.63) is 0 Å². The number of nitrogens with two attached hydrogens (primary N) is 1. The summed E-state index contributed by atoms with van der Waals surface area (Å²) in [5, 5.41) is 0. The molecule has 0 saturated carbocycles. The Kier molecular flexibility index (Phi) is 15.3. The molecule has 0 aliphatic carbocycles. The van der Waals surface area contributed by atoms with E-state index in [1.807, 2.05) is 0 Å². The van der Waals surface area contributed by atoms with Gasteiger partial charge in [-0.05, 0) is 6.42 Å². The lowest BCUT2D eigenvalue weighted by Crippen LogP contribution is -2.22. The standard InChI is InChI=1S/C17H34BrNO/c1-2-3-4-5-6-7-8-9-10-11-12-13-14-15-16(18)17(19)20/h16H,2-15H2,1H3,(H2,19,20). The first-order valence-electron chi connectivity index (χ1n) is 8.62. The van der Waals surface area contributed by atoms with Crippen molar-refractivity contribution in [1.29, 1.82) is 0 Å². The molecule has 0 rings (SSSR count). The van der Waals surface area contributed by atoms with Crippen LogP contribution in [0.2, 0.25) is 0 Å². The zero-order chi connectivity index (χ0) is 15.1. The average Bonchev–Trinajstić information content (AvgIpc) is 2.43. The number of hydrogen-bond acceptors (Lipinski definition) is 1. The van der Waals surface area contributed by atoms with Crippen LogP contribution in [0.25, 0.3) is 0 Å². The molecule has 0 bridgehead atoms. The SMILES string of the molecule is CCCCCCCCCCCCCCCC(Br)C(N)=O. The Balaban J connectivity index is 3.04. The van der Waals surface area contributed by atoms with Crippen LogP contribution in [0.15, 0.2) is 0 Å². The molecule has 1 unspecified atom stereocenters. The van der Waals surface area contributed by atoms with Crippen molar-refractivity contribution in [3.63, 3.8) is 0 Å². The molecule has 3 heteroatoms. The fourth-order valence-corrected chi connectivity index (χ4v) is 2.81. The van der Waals surface area contributed by atoms with Gasteiger partial charge in [0.15, 0.2) is 0 Å². The van der Waals surface area contributed by atoms with Crippen LogP contribution in [0.4, 0.5) is 0 Å². The van der Waals surface area contributed by atoms with Crippen molar-refractivity contribution in [2.24, 2.45) is 5.73 Å². The average molecular weight is 348 g/mol. The van der Waals surface area contributed by atoms with Crippen LogP contribution in [0, 0.1) is 0 Å². The van der Waals surface area contributed by atoms with E-state index < -0.39 is 0 Å². The van der Waals surface area contributed by atoms with Gasteiger partial charge in [-0.2, -0.15) is 0 Å². The van der Waals surface area contributed by atoms with Crippen LogP contribution in [-0.4, -0.2) is 10.7 Å². The molecular formula is C17H34BrNO. The van der Waals surface area contributed by atoms with Crippen LogP contribution in [-0.2, 0) is 4.79 Å². The molecule has 1 atom stereocenters. The summed E-state index contributed by atoms with van der Waals surface area (Å²) in [6.45, 7) is 2.27. The minimum Gasteiger partial charge on any atom is -0.369 e. The second-order valence-electron chi connectivity index (χ2n) is 5.90. The largest absolute Gasteiger partial charge is 0.369 e. The van der Waals surface area contributed by atoms with Crippen LogP contribution in [0.3, 0.4) is 0 Å². The molecule has 2 N–H and O–H groups in total. The van der Waals surface area contributed by atoms with Gasteiger partial charge < -0.3 is 5.73 Å². The van der Waals surface area contributed by atoms with Crippen LogP contribution >= 0.6 is 15.9 Å². The van der Waals surface area contributed by atoms with E-state index in [9.17, 15) is 4.79 Å². The van der Waals surface area contributed by atoms with Gasteiger partial charge in [0.25, 0.3) is 0 Å². The normalized spacial score (nSPS) is 12.5. The quantitative estimate of drug-likeness (QED) is 0.299. The van der Waals surface area contributed by atoms with Gasteiger partial charge in [-0.15, -0.1) is 0 Å². The highest BCUT2D eigenvalue weighted by Crippen LogP contribution is 2.14. The van der Waals surface area contributed by atoms with Gasteiger partial charge in [0.2, 0.25) is 5.91 Å². The molecule has 2 nitrogen and oxygen atoms in total. The summed E-state index contributed by atoms with van der Waals surface area (Å²) in [6.07, 6.45) is 18.5. The van der Waals surface area contributed by atoms with Gasteiger partial charge in [-0.1, -0.05) is 106 Å². The van der Waals surface area contributed by atoms with E-state index in [2.05, 4.69) is 22.9 Å². The van der Waals surface area contributed by atoms with Gasteiger partial charge >= 0.3 is 0 Å². The van der Waals surface area contributed by atoms with E-state index in [-0.39, 0.29) is 10.7 Å². The zero-order valence-electron chi connectivity index (χ0n) is 13.3. The van der Waals surface area contributed by atoms with E-state index >= 15 is 0 Å². The predicted molar refractivity (Wildman–Crippen MR) is 92.2 cm³/mol. The molecule has 1 amide bonds. The second-order valence-corrected chi connectivity index (χ2v) is 7.01. The molecule has 0 aromatic carbocycles. The topological polar surface area (TPSA) is 43.1 Å². The Labute approximate surface area is 134 Å². The first-order valence-corrected chi connectivity index (χ1v) is 9.53. The minimum absolute atomic E-state index is 0.129. The fraction of sp³-hybridized carbons (Fsp3) is 0.941. The third-order valence-electron chi connectivity index (χ3n) is 3.87. The Bertz CT molecular complexity index is 221. The number of rotatable bonds is 15. The lowest BCUT2D eigenvalue weighted by Gasteiger charge is -2.05. The number of carbonyl (C=O) groups excluding carboxylic acids is 1. The monoisotopic (exact) mass is 347 g/mol. The summed E-state index contributed by atoms with van der Waals surface area (Å²) in [4.78, 5) is 10.7. The Morgan fingerprint density at radius 3 is 1.50 bits per heavy atom. The molecule has 0 radical (unpaired) electrons. The number of primary amides is 1. The fourth-order valence-electron chi connectivity index (χ4n) is 2.48. The van der Waals surface area contributed by atoms with E-state index in [0.29, 0.717) is 0 Å². The highest BCUT2D eigenvalue weighted by molar-refractivity contribution is 9.10. The molecule has 0 aliphatic heterocycles. The number of carbonyl (C=O) groups is 1. The number of halogens is 1. The van der Waals surface area contributed by atoms with Crippen LogP contribution in [0.5, 0.6) is 0 Å². The van der Waals surface area contributed by atoms with Crippen molar-refractivity contribution >= 4 is 21.8 Å². The highest BCUT2D eigenvalue weighted by atomic mass is 79.9. The summed E-state index contributed by atoms with van der Waals surface area (Å²) in [7, 11) is 0. The molecular weight excluding hydrogens is 314 g/mol. The van der Waals surface area contributed by atoms with Crippen LogP contribution in [0.1, 0.15) is 96.8 Å². The predicted octanol–water partition coefficient (Wildman–Crippen LogP) is 5.72. The molecule has 0 fully saturated rings. The summed E-state index contributed by atoms with van der Waals surface area (Å²) in [6, 6.07) is 0. The van der Waals surface area contributed by atoms with E-state index in [0.717, 1.165) is 12.8 Å². The summed E-state index contributed by atoms with van der Waals surface area (Å²) in [5.74, 6) is -0.232. The van der Waals surface area contributed by atoms with Crippen molar-refractivity contribution in [1.82, 2.24) is 0 Å². The second kappa shape index (κ2) is 15.3. The zero-order valence-corrected chi connectivity index (χ0v) is 14.9. The molecule has 0 spiro atoms. The van der Waals surface area contributed by atoms with Crippen molar-refractivity contribution in [2.45, 2.75) is 102 Å². The summed E-state index contributed by atoms with van der Waals surface area (Å²) >= 11 is 3.30. The highest BCUT2D eigenvalue weighted by Gasteiger charge is 2.09. The minimum atomic E-state index is -0.232. The van der Waals surface area contributed by atoms with Gasteiger partial charge in [0, 0.05) is 0 Å². The first kappa shape index (κ1) is 19.9. The van der Waals surface area contributed by atoms with Crippen molar-refractivity contribution < 1.29 is 4.79 Å². The third-order valence-corrected chi connectivity index (χ3v) is 4.78. The maximum Gasteiger partial charge on any atom is 0.231 e. The third kappa shape index (κ3) is 14.4. The van der Waals surface area contributed by atoms with E-state index in [1.165, 1.54) is 77.0 Å². The summed E-state index contributed by atoms with van der Waals surface area (Å²) in [5.41, 5.74) is 5.20. The van der Waals surface area contributed by atoms with E-state index in [1.54, 1.807) is 0 Å². The van der Waals surface area contributed by atoms with Gasteiger partial charge in [-0.25, -0.2) is 0 Å². The Morgan fingerprint density at radius 1 is 0.800 bits per heavy atom. The maximum absolute atomic E-state index is 10.8. The first-order chi connectivity index (χ1) is 9.68. The number of hydrogen-bond donors (Lipinski definition) is 1. The van der Waals surface area contributed by atoms with Crippen LogP contribution < -0.4 is 5.73 Å². The smallest absolute Gasteiger partial charge is 0.231 e. The molecule has 0 saturated heterocycles. The van der Waals surface area contributed by atoms with Gasteiger partial charge in [0.05, 0.1) is 4.83 Å². The molecule has 0 heterocycles.